The van der Waals surface area contributed by atoms with Gasteiger partial charge in [0.15, 0.2) is 12.4 Å². The predicted molar refractivity (Wildman–Crippen MR) is 81.3 cm³/mol. The average molecular weight is 369 g/mol. The topological polar surface area (TPSA) is 65.2 Å². The van der Waals surface area contributed by atoms with Gasteiger partial charge in [-0.25, -0.2) is 9.18 Å². The molecule has 0 aliphatic heterocycles. The Labute approximate surface area is 135 Å². The Kier molecular flexibility index (Phi) is 5.43. The summed E-state index contributed by atoms with van der Waals surface area (Å²) in [4.78, 5) is 15.7. The maximum Gasteiger partial charge on any atom is 0.331 e. The highest BCUT2D eigenvalue weighted by molar-refractivity contribution is 9.10. The number of hydrogen-bond acceptors (Lipinski definition) is 5. The normalized spacial score (nSPS) is 11.3. The van der Waals surface area contributed by atoms with E-state index >= 15 is 0 Å². The quantitative estimate of drug-likeness (QED) is 0.592. The lowest BCUT2D eigenvalue weighted by Gasteiger charge is -1.99. The molecule has 0 bridgehead atoms. The zero-order chi connectivity index (χ0) is 16.1. The zero-order valence-corrected chi connectivity index (χ0v) is 13.6. The lowest BCUT2D eigenvalue weighted by molar-refractivity contribution is -0.139. The molecule has 0 saturated heterocycles. The zero-order valence-electron chi connectivity index (χ0n) is 12.0. The molecule has 2 rings (SSSR count). The molecule has 1 aromatic heterocycles. The van der Waals surface area contributed by atoms with Crippen LogP contribution in [0.4, 0.5) is 4.39 Å². The van der Waals surface area contributed by atoms with Gasteiger partial charge in [0.1, 0.15) is 5.82 Å². The van der Waals surface area contributed by atoms with Crippen molar-refractivity contribution in [2.24, 2.45) is 0 Å². The third-order valence-electron chi connectivity index (χ3n) is 2.70. The van der Waals surface area contributed by atoms with Gasteiger partial charge >= 0.3 is 5.97 Å². The fourth-order valence-electron chi connectivity index (χ4n) is 1.54. The summed E-state index contributed by atoms with van der Waals surface area (Å²) < 4.78 is 24.1. The summed E-state index contributed by atoms with van der Waals surface area (Å²) in [6.45, 7) is 3.73. The summed E-state index contributed by atoms with van der Waals surface area (Å²) in [5.41, 5.74) is 0.284. The van der Waals surface area contributed by atoms with Crippen LogP contribution in [0.3, 0.4) is 0 Å². The largest absolute Gasteiger partial charge is 0.452 e. The van der Waals surface area contributed by atoms with Gasteiger partial charge < -0.3 is 9.26 Å². The second-order valence-electron chi connectivity index (χ2n) is 4.81. The van der Waals surface area contributed by atoms with Crippen LogP contribution in [0, 0.1) is 5.82 Å². The van der Waals surface area contributed by atoms with Gasteiger partial charge in [0.25, 0.3) is 5.89 Å². The first-order valence-corrected chi connectivity index (χ1v) is 7.37. The first-order chi connectivity index (χ1) is 10.5. The number of halogens is 2. The highest BCUT2D eigenvalue weighted by Crippen LogP contribution is 2.17. The molecule has 1 aromatic carbocycles. The summed E-state index contributed by atoms with van der Waals surface area (Å²) in [6, 6.07) is 4.44. The highest BCUT2D eigenvalue weighted by Gasteiger charge is 2.10. The van der Waals surface area contributed by atoms with Crippen LogP contribution in [-0.4, -0.2) is 16.1 Å². The van der Waals surface area contributed by atoms with Crippen LogP contribution in [0.15, 0.2) is 33.3 Å². The van der Waals surface area contributed by atoms with E-state index in [1.165, 1.54) is 12.1 Å². The van der Waals surface area contributed by atoms with E-state index in [0.29, 0.717) is 10.3 Å². The van der Waals surface area contributed by atoms with Crippen molar-refractivity contribution in [2.75, 3.05) is 0 Å². The second-order valence-corrected chi connectivity index (χ2v) is 5.72. The van der Waals surface area contributed by atoms with Crippen molar-refractivity contribution in [2.45, 2.75) is 26.4 Å². The smallest absolute Gasteiger partial charge is 0.331 e. The maximum absolute atomic E-state index is 13.5. The van der Waals surface area contributed by atoms with E-state index in [1.807, 2.05) is 13.8 Å². The average Bonchev–Trinajstić information content (AvgIpc) is 2.95. The summed E-state index contributed by atoms with van der Waals surface area (Å²) in [5, 5.41) is 3.76. The fourth-order valence-corrected chi connectivity index (χ4v) is 1.92. The van der Waals surface area contributed by atoms with Gasteiger partial charge in [-0.15, -0.1) is 0 Å². The summed E-state index contributed by atoms with van der Waals surface area (Å²) in [6.07, 6.45) is 2.49. The molecule has 0 amide bonds. The lowest BCUT2D eigenvalue weighted by atomic mass is 10.2. The molecule has 0 unspecified atom stereocenters. The molecular formula is C15H14BrFN2O3. The van der Waals surface area contributed by atoms with Gasteiger partial charge in [-0.3, -0.25) is 0 Å². The van der Waals surface area contributed by atoms with E-state index in [-0.39, 0.29) is 24.0 Å². The minimum Gasteiger partial charge on any atom is -0.452 e. The molecule has 0 N–H and O–H groups in total. The summed E-state index contributed by atoms with van der Waals surface area (Å²) in [7, 11) is 0. The van der Waals surface area contributed by atoms with Crippen molar-refractivity contribution >= 4 is 28.0 Å². The number of hydrogen-bond donors (Lipinski definition) is 0. The molecule has 7 heteroatoms. The molecule has 0 radical (unpaired) electrons. The van der Waals surface area contributed by atoms with Crippen molar-refractivity contribution in [3.05, 3.63) is 51.8 Å². The highest BCUT2D eigenvalue weighted by atomic mass is 79.9. The van der Waals surface area contributed by atoms with Gasteiger partial charge in [0.05, 0.1) is 0 Å². The van der Waals surface area contributed by atoms with Crippen LogP contribution in [0.2, 0.25) is 0 Å². The van der Waals surface area contributed by atoms with E-state index in [9.17, 15) is 9.18 Å². The number of carbonyl (C=O) groups is 1. The fraction of sp³-hybridized carbons (Fsp3) is 0.267. The molecule has 0 saturated carbocycles. The minimum absolute atomic E-state index is 0.121. The standard InChI is InChI=1S/C15H14BrFN2O3/c1-9(2)15-18-13(22-19-15)8-21-14(20)6-3-10-7-11(16)4-5-12(10)17/h3-7,9H,8H2,1-2H3/b6-3+. The molecular weight excluding hydrogens is 355 g/mol. The van der Waals surface area contributed by atoms with Crippen LogP contribution < -0.4 is 0 Å². The van der Waals surface area contributed by atoms with Crippen molar-refractivity contribution in [1.29, 1.82) is 0 Å². The van der Waals surface area contributed by atoms with Crippen LogP contribution in [-0.2, 0) is 16.1 Å². The Balaban J connectivity index is 1.92. The summed E-state index contributed by atoms with van der Waals surface area (Å²) in [5.74, 6) is -0.140. The van der Waals surface area contributed by atoms with Crippen molar-refractivity contribution < 1.29 is 18.4 Å². The molecule has 1 heterocycles. The molecule has 5 nitrogen and oxygen atoms in total. The van der Waals surface area contributed by atoms with Crippen molar-refractivity contribution in [3.63, 3.8) is 0 Å². The first kappa shape index (κ1) is 16.4. The molecule has 2 aromatic rings. The van der Waals surface area contributed by atoms with Crippen molar-refractivity contribution in [1.82, 2.24) is 10.1 Å². The maximum atomic E-state index is 13.5. The molecule has 0 fully saturated rings. The van der Waals surface area contributed by atoms with Crippen LogP contribution in [0.5, 0.6) is 0 Å². The van der Waals surface area contributed by atoms with Gasteiger partial charge in [-0.05, 0) is 24.3 Å². The number of ether oxygens (including phenoxy) is 1. The molecule has 22 heavy (non-hydrogen) atoms. The third-order valence-corrected chi connectivity index (χ3v) is 3.19. The Morgan fingerprint density at radius 3 is 2.95 bits per heavy atom. The van der Waals surface area contributed by atoms with Gasteiger partial charge in [0.2, 0.25) is 0 Å². The number of benzene rings is 1. The van der Waals surface area contributed by atoms with Gasteiger partial charge in [-0.1, -0.05) is 34.9 Å². The third kappa shape index (κ3) is 4.49. The van der Waals surface area contributed by atoms with Crippen molar-refractivity contribution in [3.8, 4) is 0 Å². The molecule has 0 atom stereocenters. The van der Waals surface area contributed by atoms with Crippen LogP contribution in [0.1, 0.15) is 37.0 Å². The number of carbonyl (C=O) groups excluding carboxylic acids is 1. The lowest BCUT2D eigenvalue weighted by Crippen LogP contribution is -2.01. The number of nitrogens with zero attached hydrogens (tertiary/aromatic N) is 2. The number of rotatable bonds is 5. The number of esters is 1. The molecule has 0 aliphatic rings. The Hall–Kier alpha value is -2.02. The second kappa shape index (κ2) is 7.31. The molecule has 116 valence electrons. The number of aromatic nitrogens is 2. The summed E-state index contributed by atoms with van der Waals surface area (Å²) >= 11 is 3.23. The monoisotopic (exact) mass is 368 g/mol. The Bertz CT molecular complexity index is 698. The Morgan fingerprint density at radius 2 is 2.27 bits per heavy atom. The van der Waals surface area contributed by atoms with E-state index in [2.05, 4.69) is 26.1 Å². The van der Waals surface area contributed by atoms with E-state index < -0.39 is 11.8 Å². The minimum atomic E-state index is -0.622. The van der Waals surface area contributed by atoms with Crippen LogP contribution >= 0.6 is 15.9 Å². The van der Waals surface area contributed by atoms with Gasteiger partial charge in [-0.2, -0.15) is 4.98 Å². The predicted octanol–water partition coefficient (Wildman–Crippen LogP) is 3.85. The van der Waals surface area contributed by atoms with E-state index in [0.717, 1.165) is 6.08 Å². The van der Waals surface area contributed by atoms with E-state index in [4.69, 9.17) is 9.26 Å². The van der Waals surface area contributed by atoms with Gasteiger partial charge in [0, 0.05) is 22.0 Å². The first-order valence-electron chi connectivity index (χ1n) is 6.58. The Morgan fingerprint density at radius 1 is 1.50 bits per heavy atom. The SMILES string of the molecule is CC(C)c1noc(COC(=O)/C=C/c2cc(Br)ccc2F)n1. The molecule has 0 aliphatic carbocycles. The van der Waals surface area contributed by atoms with E-state index in [1.54, 1.807) is 12.1 Å². The molecule has 0 spiro atoms. The van der Waals surface area contributed by atoms with Crippen LogP contribution in [0.25, 0.3) is 6.08 Å².